The van der Waals surface area contributed by atoms with Gasteiger partial charge in [0.2, 0.25) is 5.91 Å². The fraction of sp³-hybridized carbons (Fsp3) is 0.242. The van der Waals surface area contributed by atoms with Crippen LogP contribution in [0.5, 0.6) is 0 Å². The molecule has 1 N–H and O–H groups in total. The Hall–Kier alpha value is -3.65. The molecule has 2 heteroatoms. The maximum Gasteiger partial charge on any atom is 0.225 e. The lowest BCUT2D eigenvalue weighted by Crippen LogP contribution is -2.41. The molecule has 0 saturated heterocycles. The molecule has 1 aliphatic carbocycles. The number of hydrogen-bond acceptors (Lipinski definition) is 1. The van der Waals surface area contributed by atoms with Crippen molar-refractivity contribution in [2.24, 2.45) is 5.41 Å². The van der Waals surface area contributed by atoms with E-state index in [9.17, 15) is 4.79 Å². The molecule has 0 bridgehead atoms. The van der Waals surface area contributed by atoms with E-state index in [-0.39, 0.29) is 23.8 Å². The minimum absolute atomic E-state index is 0.0208. The first kappa shape index (κ1) is 23.1. The van der Waals surface area contributed by atoms with Crippen LogP contribution in [0, 0.1) is 5.41 Å². The molecule has 0 fully saturated rings. The van der Waals surface area contributed by atoms with Gasteiger partial charge in [-0.15, -0.1) is 0 Å². The SMILES string of the molecule is CC(C)(C)C(=O)N[C@@H](c1ccccc1)[C@@H](c1ccccc1)C1c2ccccc2Cc2ccccc21. The Bertz CT molecular complexity index is 1260. The van der Waals surface area contributed by atoms with E-state index in [1.165, 1.54) is 27.8 Å². The van der Waals surface area contributed by atoms with Gasteiger partial charge in [0.05, 0.1) is 6.04 Å². The lowest BCUT2D eigenvalue weighted by atomic mass is 9.67. The standard InChI is InChI=1S/C33H33NO/c1-33(2,3)32(35)34-31(24-16-8-5-9-17-24)29(23-14-6-4-7-15-23)30-27-20-12-10-18-25(27)22-26-19-11-13-21-28(26)30/h4-21,29-31H,22H2,1-3H3,(H,34,35)/t29-,31-/m0/s1. The Morgan fingerprint density at radius 2 is 1.14 bits per heavy atom. The molecule has 0 unspecified atom stereocenters. The predicted molar refractivity (Wildman–Crippen MR) is 143 cm³/mol. The van der Waals surface area contributed by atoms with Gasteiger partial charge in [0, 0.05) is 17.3 Å². The molecule has 0 heterocycles. The zero-order valence-electron chi connectivity index (χ0n) is 20.7. The summed E-state index contributed by atoms with van der Waals surface area (Å²) in [4.78, 5) is 13.4. The van der Waals surface area contributed by atoms with Crippen LogP contribution < -0.4 is 5.32 Å². The molecule has 0 saturated carbocycles. The molecule has 35 heavy (non-hydrogen) atoms. The average Bonchev–Trinajstić information content (AvgIpc) is 2.88. The molecule has 5 rings (SSSR count). The highest BCUT2D eigenvalue weighted by Crippen LogP contribution is 2.50. The molecule has 1 amide bonds. The quantitative estimate of drug-likeness (QED) is 0.331. The van der Waals surface area contributed by atoms with Crippen LogP contribution in [-0.4, -0.2) is 5.91 Å². The molecule has 0 aliphatic heterocycles. The third-order valence-corrected chi connectivity index (χ3v) is 7.19. The van der Waals surface area contributed by atoms with Crippen molar-refractivity contribution in [3.05, 3.63) is 143 Å². The zero-order valence-corrected chi connectivity index (χ0v) is 20.7. The van der Waals surface area contributed by atoms with Crippen molar-refractivity contribution in [2.75, 3.05) is 0 Å². The van der Waals surface area contributed by atoms with Gasteiger partial charge >= 0.3 is 0 Å². The second kappa shape index (κ2) is 9.54. The topological polar surface area (TPSA) is 29.1 Å². The van der Waals surface area contributed by atoms with Gasteiger partial charge in [-0.1, -0.05) is 130 Å². The molecule has 0 radical (unpaired) electrons. The summed E-state index contributed by atoms with van der Waals surface area (Å²) in [5, 5.41) is 3.49. The fourth-order valence-electron chi connectivity index (χ4n) is 5.41. The van der Waals surface area contributed by atoms with Gasteiger partial charge < -0.3 is 5.32 Å². The summed E-state index contributed by atoms with van der Waals surface area (Å²) in [6, 6.07) is 38.6. The van der Waals surface area contributed by atoms with Gasteiger partial charge in [0.25, 0.3) is 0 Å². The number of carbonyl (C=O) groups is 1. The van der Waals surface area contributed by atoms with Crippen LogP contribution in [0.2, 0.25) is 0 Å². The molecule has 4 aromatic carbocycles. The highest BCUT2D eigenvalue weighted by molar-refractivity contribution is 5.82. The molecule has 4 aromatic rings. The van der Waals surface area contributed by atoms with Crippen molar-refractivity contribution >= 4 is 5.91 Å². The van der Waals surface area contributed by atoms with E-state index in [2.05, 4.69) is 108 Å². The molecule has 0 spiro atoms. The van der Waals surface area contributed by atoms with Crippen LogP contribution in [0.3, 0.4) is 0 Å². The third kappa shape index (κ3) is 4.66. The van der Waals surface area contributed by atoms with Crippen molar-refractivity contribution in [1.29, 1.82) is 0 Å². The van der Waals surface area contributed by atoms with Gasteiger partial charge in [-0.25, -0.2) is 0 Å². The van der Waals surface area contributed by atoms with Crippen LogP contribution in [-0.2, 0) is 11.2 Å². The van der Waals surface area contributed by atoms with Gasteiger partial charge in [-0.05, 0) is 39.8 Å². The largest absolute Gasteiger partial charge is 0.348 e. The number of carbonyl (C=O) groups excluding carboxylic acids is 1. The lowest BCUT2D eigenvalue weighted by Gasteiger charge is -2.40. The molecular formula is C33H33NO. The van der Waals surface area contributed by atoms with Gasteiger partial charge in [-0.2, -0.15) is 0 Å². The monoisotopic (exact) mass is 459 g/mol. The Kier molecular flexibility index (Phi) is 6.30. The van der Waals surface area contributed by atoms with Gasteiger partial charge in [-0.3, -0.25) is 4.79 Å². The first-order valence-corrected chi connectivity index (χ1v) is 12.5. The summed E-state index contributed by atoms with van der Waals surface area (Å²) >= 11 is 0. The second-order valence-corrected chi connectivity index (χ2v) is 10.6. The van der Waals surface area contributed by atoms with Crippen molar-refractivity contribution in [1.82, 2.24) is 5.32 Å². The smallest absolute Gasteiger partial charge is 0.225 e. The summed E-state index contributed by atoms with van der Waals surface area (Å²) in [5.74, 6) is 0.196. The summed E-state index contributed by atoms with van der Waals surface area (Å²) in [6.07, 6.45) is 0.939. The minimum Gasteiger partial charge on any atom is -0.348 e. The summed E-state index contributed by atoms with van der Waals surface area (Å²) < 4.78 is 0. The summed E-state index contributed by atoms with van der Waals surface area (Å²) in [6.45, 7) is 5.94. The molecule has 2 nitrogen and oxygen atoms in total. The minimum atomic E-state index is -0.489. The number of benzene rings is 4. The van der Waals surface area contributed by atoms with Crippen molar-refractivity contribution < 1.29 is 4.79 Å². The second-order valence-electron chi connectivity index (χ2n) is 10.6. The third-order valence-electron chi connectivity index (χ3n) is 7.19. The maximum absolute atomic E-state index is 13.4. The van der Waals surface area contributed by atoms with Gasteiger partial charge in [0.1, 0.15) is 0 Å². The first-order chi connectivity index (χ1) is 16.9. The number of hydrogen-bond donors (Lipinski definition) is 1. The van der Waals surface area contributed by atoms with E-state index in [4.69, 9.17) is 0 Å². The van der Waals surface area contributed by atoms with E-state index in [0.29, 0.717) is 0 Å². The highest BCUT2D eigenvalue weighted by Gasteiger charge is 2.39. The molecule has 1 aliphatic rings. The van der Waals surface area contributed by atoms with Crippen molar-refractivity contribution in [3.63, 3.8) is 0 Å². The van der Waals surface area contributed by atoms with Crippen molar-refractivity contribution in [2.45, 2.75) is 45.1 Å². The number of rotatable bonds is 5. The van der Waals surface area contributed by atoms with Crippen molar-refractivity contribution in [3.8, 4) is 0 Å². The molecule has 176 valence electrons. The fourth-order valence-corrected chi connectivity index (χ4v) is 5.41. The van der Waals surface area contributed by atoms with Crippen LogP contribution in [0.15, 0.2) is 109 Å². The van der Waals surface area contributed by atoms with E-state index in [0.717, 1.165) is 12.0 Å². The Morgan fingerprint density at radius 1 is 0.686 bits per heavy atom. The predicted octanol–water partition coefficient (Wildman–Crippen LogP) is 7.41. The Balaban J connectivity index is 1.75. The van der Waals surface area contributed by atoms with E-state index >= 15 is 0 Å². The van der Waals surface area contributed by atoms with E-state index < -0.39 is 5.41 Å². The Morgan fingerprint density at radius 3 is 1.66 bits per heavy atom. The summed E-state index contributed by atoms with van der Waals surface area (Å²) in [5.41, 5.74) is 7.30. The number of amides is 1. The van der Waals surface area contributed by atoms with Crippen LogP contribution >= 0.6 is 0 Å². The van der Waals surface area contributed by atoms with Crippen LogP contribution in [0.25, 0.3) is 0 Å². The molecule has 2 atom stereocenters. The molecule has 0 aromatic heterocycles. The van der Waals surface area contributed by atoms with Gasteiger partial charge in [0.15, 0.2) is 0 Å². The normalized spacial score (nSPS) is 14.9. The maximum atomic E-state index is 13.4. The number of nitrogens with one attached hydrogen (secondary N) is 1. The number of fused-ring (bicyclic) bond motifs is 2. The molecular weight excluding hydrogens is 426 g/mol. The van der Waals surface area contributed by atoms with Crippen LogP contribution in [0.4, 0.5) is 0 Å². The van der Waals surface area contributed by atoms with E-state index in [1.54, 1.807) is 0 Å². The average molecular weight is 460 g/mol. The first-order valence-electron chi connectivity index (χ1n) is 12.5. The van der Waals surface area contributed by atoms with E-state index in [1.807, 2.05) is 26.8 Å². The summed E-state index contributed by atoms with van der Waals surface area (Å²) in [7, 11) is 0. The lowest BCUT2D eigenvalue weighted by molar-refractivity contribution is -0.129. The van der Waals surface area contributed by atoms with Crippen LogP contribution in [0.1, 0.15) is 72.0 Å². The zero-order chi connectivity index (χ0) is 24.4. The highest BCUT2D eigenvalue weighted by atomic mass is 16.2. The Labute approximate surface area is 209 Å².